The van der Waals surface area contributed by atoms with Crippen molar-refractivity contribution >= 4 is 39.9 Å². The maximum Gasteiger partial charge on any atom is 0.262 e. The van der Waals surface area contributed by atoms with Crippen molar-refractivity contribution in [1.82, 2.24) is 10.0 Å². The second-order valence-electron chi connectivity index (χ2n) is 6.06. The van der Waals surface area contributed by atoms with Crippen LogP contribution in [-0.2, 0) is 14.8 Å². The number of piperidine rings is 1. The average molecular weight is 387 g/mol. The molecule has 2 aliphatic rings. The van der Waals surface area contributed by atoms with Crippen molar-refractivity contribution in [2.75, 3.05) is 18.4 Å². The lowest BCUT2D eigenvalue weighted by atomic mass is 10.0. The normalized spacial score (nSPS) is 20.3. The number of aliphatic imine (C=N–C) groups is 1. The summed E-state index contributed by atoms with van der Waals surface area (Å²) in [5.74, 6) is 0.369. The topological polar surface area (TPSA) is 99.7 Å². The van der Waals surface area contributed by atoms with Crippen LogP contribution in [0.5, 0.6) is 0 Å². The van der Waals surface area contributed by atoms with Gasteiger partial charge in [-0.2, -0.15) is 0 Å². The Morgan fingerprint density at radius 1 is 1.24 bits per heavy atom. The molecule has 2 aliphatic heterocycles. The summed E-state index contributed by atoms with van der Waals surface area (Å²) in [5, 5.41) is 5.97. The van der Waals surface area contributed by atoms with Crippen molar-refractivity contribution in [3.8, 4) is 0 Å². The summed E-state index contributed by atoms with van der Waals surface area (Å²) in [4.78, 5) is 16.5. The van der Waals surface area contributed by atoms with Crippen molar-refractivity contribution in [2.24, 2.45) is 4.99 Å². The summed E-state index contributed by atoms with van der Waals surface area (Å²) >= 11 is 0. The Kier molecular flexibility index (Phi) is 6.80. The van der Waals surface area contributed by atoms with Gasteiger partial charge in [-0.25, -0.2) is 8.42 Å². The van der Waals surface area contributed by atoms with Crippen LogP contribution in [0.15, 0.2) is 34.2 Å². The third kappa shape index (κ3) is 5.17. The fourth-order valence-corrected chi connectivity index (χ4v) is 4.02. The Morgan fingerprint density at radius 2 is 2.08 bits per heavy atom. The molecule has 1 unspecified atom stereocenters. The van der Waals surface area contributed by atoms with E-state index < -0.39 is 10.0 Å². The lowest BCUT2D eigenvalue weighted by Crippen LogP contribution is -2.43. The molecule has 1 fully saturated rings. The highest BCUT2D eigenvalue weighted by Crippen LogP contribution is 2.17. The molecule has 138 valence electrons. The minimum absolute atomic E-state index is 0. The third-order valence-electron chi connectivity index (χ3n) is 4.17. The molecular weight excluding hydrogens is 364 g/mol. The number of hydrogen-bond donors (Lipinski definition) is 3. The minimum atomic E-state index is -3.67. The quantitative estimate of drug-likeness (QED) is 0.732. The summed E-state index contributed by atoms with van der Waals surface area (Å²) in [5.41, 5.74) is 0.476. The predicted molar refractivity (Wildman–Crippen MR) is 99.8 cm³/mol. The van der Waals surface area contributed by atoms with Crippen LogP contribution < -0.4 is 15.4 Å². The highest BCUT2D eigenvalue weighted by molar-refractivity contribution is 7.90. The van der Waals surface area contributed by atoms with Crippen LogP contribution in [0.4, 0.5) is 5.69 Å². The molecule has 3 rings (SSSR count). The highest BCUT2D eigenvalue weighted by atomic mass is 35.5. The van der Waals surface area contributed by atoms with Gasteiger partial charge in [0.1, 0.15) is 5.84 Å². The van der Waals surface area contributed by atoms with Crippen LogP contribution in [-0.4, -0.2) is 39.3 Å². The van der Waals surface area contributed by atoms with E-state index in [1.165, 1.54) is 12.1 Å². The van der Waals surface area contributed by atoms with Gasteiger partial charge in [0.15, 0.2) is 0 Å². The molecule has 25 heavy (non-hydrogen) atoms. The Morgan fingerprint density at radius 3 is 2.76 bits per heavy atom. The monoisotopic (exact) mass is 386 g/mol. The van der Waals surface area contributed by atoms with Crippen LogP contribution in [0, 0.1) is 0 Å². The molecule has 2 heterocycles. The second kappa shape index (κ2) is 8.64. The van der Waals surface area contributed by atoms with Gasteiger partial charge >= 0.3 is 0 Å². The molecular formula is C16H23ClN4O3S. The largest absolute Gasteiger partial charge is 0.325 e. The van der Waals surface area contributed by atoms with Gasteiger partial charge in [0, 0.05) is 18.7 Å². The number of benzene rings is 1. The molecule has 0 radical (unpaired) electrons. The molecule has 1 atom stereocenters. The first-order chi connectivity index (χ1) is 11.5. The number of anilines is 1. The molecule has 1 amide bonds. The maximum absolute atomic E-state index is 12.4. The van der Waals surface area contributed by atoms with Crippen LogP contribution >= 0.6 is 12.4 Å². The molecule has 9 heteroatoms. The fourth-order valence-electron chi connectivity index (χ4n) is 2.88. The minimum Gasteiger partial charge on any atom is -0.325 e. The van der Waals surface area contributed by atoms with E-state index in [1.807, 2.05) is 0 Å². The van der Waals surface area contributed by atoms with Crippen molar-refractivity contribution < 1.29 is 13.2 Å². The van der Waals surface area contributed by atoms with E-state index in [9.17, 15) is 13.2 Å². The second-order valence-corrected chi connectivity index (χ2v) is 7.74. The van der Waals surface area contributed by atoms with E-state index >= 15 is 0 Å². The first-order valence-corrected chi connectivity index (χ1v) is 9.73. The van der Waals surface area contributed by atoms with E-state index in [1.54, 1.807) is 12.1 Å². The molecule has 0 aromatic heterocycles. The molecule has 0 bridgehead atoms. The van der Waals surface area contributed by atoms with Crippen molar-refractivity contribution in [1.29, 1.82) is 0 Å². The number of rotatable bonds is 4. The van der Waals surface area contributed by atoms with E-state index in [0.717, 1.165) is 32.2 Å². The van der Waals surface area contributed by atoms with Crippen LogP contribution in [0.25, 0.3) is 0 Å². The van der Waals surface area contributed by atoms with Crippen LogP contribution in [0.1, 0.15) is 32.1 Å². The van der Waals surface area contributed by atoms with E-state index in [0.29, 0.717) is 24.5 Å². The number of carbonyl (C=O) groups excluding carboxylic acids is 1. The molecule has 7 nitrogen and oxygen atoms in total. The zero-order valence-corrected chi connectivity index (χ0v) is 15.5. The summed E-state index contributed by atoms with van der Waals surface area (Å²) in [6.07, 6.45) is 4.40. The van der Waals surface area contributed by atoms with Crippen molar-refractivity contribution in [3.63, 3.8) is 0 Å². The van der Waals surface area contributed by atoms with Crippen LogP contribution in [0.3, 0.4) is 0 Å². The SMILES string of the molecule is Cl.O=C(Nc1cccc(S(=O)(=O)NC2=NCCC2)c1)C1CCCCN1. The Balaban J connectivity index is 0.00000225. The molecule has 1 saturated heterocycles. The number of amidine groups is 1. The molecule has 3 N–H and O–H groups in total. The maximum atomic E-state index is 12.4. The zero-order valence-electron chi connectivity index (χ0n) is 13.8. The summed E-state index contributed by atoms with van der Waals surface area (Å²) < 4.78 is 27.3. The molecule has 0 spiro atoms. The van der Waals surface area contributed by atoms with Gasteiger partial charge in [-0.05, 0) is 44.0 Å². The van der Waals surface area contributed by atoms with Gasteiger partial charge in [-0.3, -0.25) is 14.5 Å². The standard InChI is InChI=1S/C16H22N4O3S.ClH/c21-16(14-7-1-2-9-17-14)19-12-5-3-6-13(11-12)24(22,23)20-15-8-4-10-18-15;/h3,5-6,11,14,17H,1-2,4,7-10H2,(H,18,20)(H,19,21);1H. The molecule has 0 saturated carbocycles. The van der Waals surface area contributed by atoms with Gasteiger partial charge in [-0.15, -0.1) is 12.4 Å². The number of amides is 1. The van der Waals surface area contributed by atoms with Crippen molar-refractivity contribution in [3.05, 3.63) is 24.3 Å². The van der Waals surface area contributed by atoms with Gasteiger partial charge in [-0.1, -0.05) is 12.5 Å². The summed E-state index contributed by atoms with van der Waals surface area (Å²) in [7, 11) is -3.67. The smallest absolute Gasteiger partial charge is 0.262 e. The van der Waals surface area contributed by atoms with Crippen LogP contribution in [0.2, 0.25) is 0 Å². The Hall–Kier alpha value is -1.64. The average Bonchev–Trinajstić information content (AvgIpc) is 3.08. The lowest BCUT2D eigenvalue weighted by Gasteiger charge is -2.22. The van der Waals surface area contributed by atoms with Gasteiger partial charge < -0.3 is 10.6 Å². The molecule has 1 aromatic carbocycles. The first kappa shape index (κ1) is 19.7. The summed E-state index contributed by atoms with van der Waals surface area (Å²) in [6.45, 7) is 1.49. The van der Waals surface area contributed by atoms with E-state index in [2.05, 4.69) is 20.3 Å². The number of nitrogens with one attached hydrogen (secondary N) is 3. The number of sulfonamides is 1. The molecule has 1 aromatic rings. The molecule has 0 aliphatic carbocycles. The van der Waals surface area contributed by atoms with Gasteiger partial charge in [0.05, 0.1) is 10.9 Å². The number of carbonyl (C=O) groups is 1. The predicted octanol–water partition coefficient (Wildman–Crippen LogP) is 1.66. The zero-order chi connectivity index (χ0) is 17.0. The lowest BCUT2D eigenvalue weighted by molar-refractivity contribution is -0.118. The van der Waals surface area contributed by atoms with E-state index in [4.69, 9.17) is 0 Å². The van der Waals surface area contributed by atoms with E-state index in [-0.39, 0.29) is 29.3 Å². The Bertz CT molecular complexity index is 746. The third-order valence-corrected chi connectivity index (χ3v) is 5.54. The van der Waals surface area contributed by atoms with Gasteiger partial charge in [0.25, 0.3) is 10.0 Å². The highest BCUT2D eigenvalue weighted by Gasteiger charge is 2.22. The van der Waals surface area contributed by atoms with Gasteiger partial charge in [0.2, 0.25) is 5.91 Å². The number of hydrogen-bond acceptors (Lipinski definition) is 5. The van der Waals surface area contributed by atoms with Crippen molar-refractivity contribution in [2.45, 2.75) is 43.0 Å². The Labute approximate surface area is 154 Å². The fraction of sp³-hybridized carbons (Fsp3) is 0.500. The summed E-state index contributed by atoms with van der Waals surface area (Å²) in [6, 6.07) is 6.07. The first-order valence-electron chi connectivity index (χ1n) is 8.25. The number of nitrogens with zero attached hydrogens (tertiary/aromatic N) is 1. The number of halogens is 1.